The van der Waals surface area contributed by atoms with Gasteiger partial charge in [-0.1, -0.05) is 36.7 Å². The first-order valence-corrected chi connectivity index (χ1v) is 7.85. The van der Waals surface area contributed by atoms with Gasteiger partial charge in [0.25, 0.3) is 0 Å². The number of thiophene rings is 1. The Labute approximate surface area is 124 Å². The number of aryl methyl sites for hydroxylation is 2. The van der Waals surface area contributed by atoms with Crippen molar-refractivity contribution in [3.05, 3.63) is 56.2 Å². The van der Waals surface area contributed by atoms with E-state index in [0.29, 0.717) is 6.04 Å². The highest BCUT2D eigenvalue weighted by Crippen LogP contribution is 2.30. The van der Waals surface area contributed by atoms with Crippen LogP contribution in [0, 0.1) is 13.8 Å². The maximum atomic E-state index is 6.06. The Morgan fingerprint density at radius 1 is 1.16 bits per heavy atom. The van der Waals surface area contributed by atoms with Crippen LogP contribution in [0.3, 0.4) is 0 Å². The van der Waals surface area contributed by atoms with Gasteiger partial charge in [-0.05, 0) is 55.6 Å². The van der Waals surface area contributed by atoms with Crippen molar-refractivity contribution in [3.63, 3.8) is 0 Å². The van der Waals surface area contributed by atoms with Crippen LogP contribution in [-0.2, 0) is 6.42 Å². The molecule has 0 amide bonds. The molecule has 0 saturated carbocycles. The predicted octanol–water partition coefficient (Wildman–Crippen LogP) is 4.91. The van der Waals surface area contributed by atoms with Gasteiger partial charge < -0.3 is 5.32 Å². The van der Waals surface area contributed by atoms with Gasteiger partial charge >= 0.3 is 0 Å². The Morgan fingerprint density at radius 2 is 1.84 bits per heavy atom. The number of rotatable bonds is 5. The van der Waals surface area contributed by atoms with E-state index in [4.69, 9.17) is 11.6 Å². The third-order valence-corrected chi connectivity index (χ3v) is 4.79. The number of nitrogens with one attached hydrogen (secondary N) is 1. The van der Waals surface area contributed by atoms with Crippen molar-refractivity contribution in [1.29, 1.82) is 0 Å². The molecule has 2 aromatic rings. The molecule has 19 heavy (non-hydrogen) atoms. The lowest BCUT2D eigenvalue weighted by molar-refractivity contribution is 0.556. The van der Waals surface area contributed by atoms with E-state index < -0.39 is 0 Å². The summed E-state index contributed by atoms with van der Waals surface area (Å²) in [5, 5.41) is 3.57. The predicted molar refractivity (Wildman–Crippen MR) is 85.4 cm³/mol. The van der Waals surface area contributed by atoms with Gasteiger partial charge in [-0.2, -0.15) is 0 Å². The Balaban J connectivity index is 2.26. The molecule has 0 radical (unpaired) electrons. The first kappa shape index (κ1) is 14.6. The molecule has 1 atom stereocenters. The summed E-state index contributed by atoms with van der Waals surface area (Å²) in [4.78, 5) is 1.31. The number of hydrogen-bond acceptors (Lipinski definition) is 2. The Morgan fingerprint density at radius 3 is 2.37 bits per heavy atom. The molecule has 0 aliphatic carbocycles. The van der Waals surface area contributed by atoms with E-state index in [1.54, 1.807) is 11.3 Å². The standard InChI is InChI=1S/C16H20ClNS/c1-4-18-14(15-8-9-16(17)19-15)10-13-11(2)6-5-7-12(13)3/h5-9,14,18H,4,10H2,1-3H3. The molecule has 1 aromatic carbocycles. The second kappa shape index (κ2) is 6.56. The highest BCUT2D eigenvalue weighted by Gasteiger charge is 2.15. The van der Waals surface area contributed by atoms with Gasteiger partial charge in [0, 0.05) is 10.9 Å². The van der Waals surface area contributed by atoms with Crippen LogP contribution >= 0.6 is 22.9 Å². The summed E-state index contributed by atoms with van der Waals surface area (Å²) in [6.07, 6.45) is 1.02. The molecule has 1 N–H and O–H groups in total. The van der Waals surface area contributed by atoms with E-state index in [1.807, 2.05) is 6.07 Å². The zero-order valence-electron chi connectivity index (χ0n) is 11.7. The number of likely N-dealkylation sites (N-methyl/N-ethyl adjacent to an activating group) is 1. The Hall–Kier alpha value is -0.830. The highest BCUT2D eigenvalue weighted by molar-refractivity contribution is 7.16. The summed E-state index contributed by atoms with van der Waals surface area (Å²) >= 11 is 7.73. The zero-order chi connectivity index (χ0) is 13.8. The van der Waals surface area contributed by atoms with Crippen molar-refractivity contribution in [3.8, 4) is 0 Å². The molecule has 3 heteroatoms. The van der Waals surface area contributed by atoms with Gasteiger partial charge in [0.15, 0.2) is 0 Å². The second-order valence-electron chi connectivity index (χ2n) is 4.83. The molecule has 1 nitrogen and oxygen atoms in total. The van der Waals surface area contributed by atoms with Gasteiger partial charge in [0.05, 0.1) is 4.34 Å². The van der Waals surface area contributed by atoms with Crippen LogP contribution in [0.25, 0.3) is 0 Å². The zero-order valence-corrected chi connectivity index (χ0v) is 13.2. The van der Waals surface area contributed by atoms with Gasteiger partial charge in [-0.3, -0.25) is 0 Å². The highest BCUT2D eigenvalue weighted by atomic mass is 35.5. The Kier molecular flexibility index (Phi) is 5.03. The van der Waals surface area contributed by atoms with E-state index in [1.165, 1.54) is 21.6 Å². The van der Waals surface area contributed by atoms with Crippen molar-refractivity contribution < 1.29 is 0 Å². The third kappa shape index (κ3) is 3.59. The largest absolute Gasteiger partial charge is 0.309 e. The molecule has 2 rings (SSSR count). The summed E-state index contributed by atoms with van der Waals surface area (Å²) in [5.74, 6) is 0. The van der Waals surface area contributed by atoms with Crippen molar-refractivity contribution in [2.75, 3.05) is 6.54 Å². The van der Waals surface area contributed by atoms with Crippen LogP contribution in [-0.4, -0.2) is 6.54 Å². The van der Waals surface area contributed by atoms with Gasteiger partial charge in [0.1, 0.15) is 0 Å². The molecule has 1 aromatic heterocycles. The maximum absolute atomic E-state index is 6.06. The fourth-order valence-corrected chi connectivity index (χ4v) is 3.55. The molecule has 0 fully saturated rings. The quantitative estimate of drug-likeness (QED) is 0.826. The molecule has 0 spiro atoms. The van der Waals surface area contributed by atoms with Crippen LogP contribution in [0.5, 0.6) is 0 Å². The third-order valence-electron chi connectivity index (χ3n) is 3.44. The summed E-state index contributed by atoms with van der Waals surface area (Å²) in [6, 6.07) is 11.0. The monoisotopic (exact) mass is 293 g/mol. The number of hydrogen-bond donors (Lipinski definition) is 1. The van der Waals surface area contributed by atoms with Gasteiger partial charge in [-0.15, -0.1) is 11.3 Å². The lowest BCUT2D eigenvalue weighted by atomic mass is 9.96. The minimum absolute atomic E-state index is 0.349. The number of halogens is 1. The van der Waals surface area contributed by atoms with Crippen LogP contribution in [0.1, 0.15) is 34.5 Å². The van der Waals surface area contributed by atoms with Crippen LogP contribution in [0.4, 0.5) is 0 Å². The summed E-state index contributed by atoms with van der Waals surface area (Å²) < 4.78 is 0.861. The molecule has 0 saturated heterocycles. The fourth-order valence-electron chi connectivity index (χ4n) is 2.41. The SMILES string of the molecule is CCNC(Cc1c(C)cccc1C)c1ccc(Cl)s1. The van der Waals surface area contributed by atoms with Crippen molar-refractivity contribution >= 4 is 22.9 Å². The van der Waals surface area contributed by atoms with E-state index in [9.17, 15) is 0 Å². The second-order valence-corrected chi connectivity index (χ2v) is 6.57. The number of benzene rings is 1. The first-order valence-electron chi connectivity index (χ1n) is 6.65. The van der Waals surface area contributed by atoms with Crippen molar-refractivity contribution in [1.82, 2.24) is 5.32 Å². The summed E-state index contributed by atoms with van der Waals surface area (Å²) in [6.45, 7) is 7.48. The lowest BCUT2D eigenvalue weighted by Crippen LogP contribution is -2.22. The molecule has 102 valence electrons. The molecular formula is C16H20ClNS. The average Bonchev–Trinajstić information content (AvgIpc) is 2.79. The van der Waals surface area contributed by atoms with Crippen LogP contribution in [0.2, 0.25) is 4.34 Å². The van der Waals surface area contributed by atoms with Gasteiger partial charge in [0.2, 0.25) is 0 Å². The van der Waals surface area contributed by atoms with E-state index in [-0.39, 0.29) is 0 Å². The normalized spacial score (nSPS) is 12.6. The minimum Gasteiger partial charge on any atom is -0.309 e. The summed E-state index contributed by atoms with van der Waals surface area (Å²) in [7, 11) is 0. The summed E-state index contributed by atoms with van der Waals surface area (Å²) in [5.41, 5.74) is 4.18. The first-order chi connectivity index (χ1) is 9.11. The molecule has 0 bridgehead atoms. The van der Waals surface area contributed by atoms with Gasteiger partial charge in [-0.25, -0.2) is 0 Å². The average molecular weight is 294 g/mol. The molecule has 1 unspecified atom stereocenters. The molecular weight excluding hydrogens is 274 g/mol. The minimum atomic E-state index is 0.349. The molecule has 1 heterocycles. The Bertz CT molecular complexity index is 527. The van der Waals surface area contributed by atoms with E-state index in [0.717, 1.165) is 17.3 Å². The van der Waals surface area contributed by atoms with Crippen LogP contribution < -0.4 is 5.32 Å². The van der Waals surface area contributed by atoms with E-state index >= 15 is 0 Å². The maximum Gasteiger partial charge on any atom is 0.0931 e. The fraction of sp³-hybridized carbons (Fsp3) is 0.375. The van der Waals surface area contributed by atoms with E-state index in [2.05, 4.69) is 50.4 Å². The van der Waals surface area contributed by atoms with Crippen molar-refractivity contribution in [2.45, 2.75) is 33.2 Å². The topological polar surface area (TPSA) is 12.0 Å². The smallest absolute Gasteiger partial charge is 0.0931 e. The lowest BCUT2D eigenvalue weighted by Gasteiger charge is -2.19. The van der Waals surface area contributed by atoms with Crippen LogP contribution in [0.15, 0.2) is 30.3 Å². The van der Waals surface area contributed by atoms with Crippen molar-refractivity contribution in [2.24, 2.45) is 0 Å². The molecule has 0 aliphatic heterocycles. The molecule has 0 aliphatic rings.